The Kier molecular flexibility index (Phi) is 3.38. The lowest BCUT2D eigenvalue weighted by Gasteiger charge is -2.18. The van der Waals surface area contributed by atoms with Crippen LogP contribution >= 0.6 is 0 Å². The van der Waals surface area contributed by atoms with Gasteiger partial charge in [-0.25, -0.2) is 0 Å². The Morgan fingerprint density at radius 1 is 1.25 bits per heavy atom. The van der Waals surface area contributed by atoms with Gasteiger partial charge in [-0.15, -0.1) is 0 Å². The molecule has 0 spiro atoms. The maximum absolute atomic E-state index is 12.0. The van der Waals surface area contributed by atoms with Crippen molar-refractivity contribution < 1.29 is 9.53 Å². The quantitative estimate of drug-likeness (QED) is 0.796. The average molecular weight is 221 g/mol. The molecule has 0 aliphatic carbocycles. The summed E-state index contributed by atoms with van der Waals surface area (Å²) in [5.41, 5.74) is 7.51. The smallest absolute Gasteiger partial charge is 0.182 e. The minimum absolute atomic E-state index is 0.0543. The Hall–Kier alpha value is -1.35. The van der Waals surface area contributed by atoms with Gasteiger partial charge in [0.05, 0.1) is 12.6 Å². The lowest BCUT2D eigenvalue weighted by molar-refractivity contribution is 0.0913. The largest absolute Gasteiger partial charge is 0.496 e. The summed E-state index contributed by atoms with van der Waals surface area (Å²) >= 11 is 0. The summed E-state index contributed by atoms with van der Waals surface area (Å²) in [6.07, 6.45) is 0. The zero-order valence-corrected chi connectivity index (χ0v) is 10.5. The Bertz CT molecular complexity index is 393. The topological polar surface area (TPSA) is 52.3 Å². The first-order chi connectivity index (χ1) is 7.27. The molecule has 0 bridgehead atoms. The number of ether oxygens (including phenoxy) is 1. The first-order valence-electron chi connectivity index (χ1n) is 5.26. The molecule has 0 aliphatic rings. The number of aryl methyl sites for hydroxylation is 2. The summed E-state index contributed by atoms with van der Waals surface area (Å²) in [4.78, 5) is 12.0. The second-order valence-electron chi connectivity index (χ2n) is 4.69. The van der Waals surface area contributed by atoms with Gasteiger partial charge >= 0.3 is 0 Å². The van der Waals surface area contributed by atoms with Crippen LogP contribution in [0.2, 0.25) is 0 Å². The number of nitrogens with two attached hydrogens (primary N) is 1. The molecule has 0 saturated carbocycles. The van der Waals surface area contributed by atoms with Gasteiger partial charge in [0.15, 0.2) is 5.78 Å². The third kappa shape index (κ3) is 2.42. The van der Waals surface area contributed by atoms with E-state index in [4.69, 9.17) is 10.5 Å². The van der Waals surface area contributed by atoms with E-state index in [1.54, 1.807) is 21.0 Å². The van der Waals surface area contributed by atoms with Crippen LogP contribution in [-0.4, -0.2) is 18.4 Å². The molecular formula is C13H19NO2. The molecule has 16 heavy (non-hydrogen) atoms. The van der Waals surface area contributed by atoms with Crippen LogP contribution in [-0.2, 0) is 0 Å². The fourth-order valence-corrected chi connectivity index (χ4v) is 1.78. The maximum Gasteiger partial charge on any atom is 0.182 e. The number of carbonyl (C=O) groups excluding carboxylic acids is 1. The Balaban J connectivity index is 3.24. The molecule has 0 unspecified atom stereocenters. The van der Waals surface area contributed by atoms with E-state index < -0.39 is 5.54 Å². The van der Waals surface area contributed by atoms with Gasteiger partial charge < -0.3 is 10.5 Å². The zero-order chi connectivity index (χ0) is 12.5. The van der Waals surface area contributed by atoms with Gasteiger partial charge in [-0.3, -0.25) is 4.79 Å². The SMILES string of the molecule is COc1c(C)cc(C(=O)C(C)(C)N)cc1C. The summed E-state index contributed by atoms with van der Waals surface area (Å²) in [5, 5.41) is 0. The van der Waals surface area contributed by atoms with Crippen molar-refractivity contribution in [2.24, 2.45) is 5.73 Å². The molecule has 0 radical (unpaired) electrons. The minimum Gasteiger partial charge on any atom is -0.496 e. The van der Waals surface area contributed by atoms with Gasteiger partial charge in [-0.1, -0.05) is 0 Å². The van der Waals surface area contributed by atoms with Crippen LogP contribution in [0.1, 0.15) is 35.3 Å². The molecule has 0 fully saturated rings. The zero-order valence-electron chi connectivity index (χ0n) is 10.5. The molecule has 1 aromatic carbocycles. The molecule has 3 nitrogen and oxygen atoms in total. The molecule has 2 N–H and O–H groups in total. The highest BCUT2D eigenvalue weighted by Crippen LogP contribution is 2.25. The van der Waals surface area contributed by atoms with Crippen molar-refractivity contribution in [3.05, 3.63) is 28.8 Å². The lowest BCUT2D eigenvalue weighted by Crippen LogP contribution is -2.41. The number of ketones is 1. The van der Waals surface area contributed by atoms with Crippen molar-refractivity contribution in [1.82, 2.24) is 0 Å². The molecule has 0 saturated heterocycles. The summed E-state index contributed by atoms with van der Waals surface area (Å²) < 4.78 is 5.25. The third-order valence-corrected chi connectivity index (χ3v) is 2.51. The van der Waals surface area contributed by atoms with Gasteiger partial charge in [0, 0.05) is 5.56 Å². The van der Waals surface area contributed by atoms with Crippen LogP contribution in [0, 0.1) is 13.8 Å². The number of Topliss-reactive ketones (excluding diaryl/α,β-unsaturated/α-hetero) is 1. The van der Waals surface area contributed by atoms with Crippen LogP contribution in [0.25, 0.3) is 0 Å². The average Bonchev–Trinajstić information content (AvgIpc) is 2.14. The van der Waals surface area contributed by atoms with Crippen molar-refractivity contribution in [2.45, 2.75) is 33.2 Å². The van der Waals surface area contributed by atoms with Crippen LogP contribution in [0.5, 0.6) is 5.75 Å². The predicted molar refractivity (Wildman–Crippen MR) is 65.1 cm³/mol. The van der Waals surface area contributed by atoms with Gasteiger partial charge in [0.25, 0.3) is 0 Å². The maximum atomic E-state index is 12.0. The van der Waals surface area contributed by atoms with Crippen LogP contribution in [0.15, 0.2) is 12.1 Å². The Morgan fingerprint density at radius 2 is 1.69 bits per heavy atom. The van der Waals surface area contributed by atoms with E-state index in [1.165, 1.54) is 0 Å². The Morgan fingerprint density at radius 3 is 2.00 bits per heavy atom. The molecule has 0 aliphatic heterocycles. The third-order valence-electron chi connectivity index (χ3n) is 2.51. The van der Waals surface area contributed by atoms with Crippen LogP contribution < -0.4 is 10.5 Å². The van der Waals surface area contributed by atoms with Crippen molar-refractivity contribution >= 4 is 5.78 Å². The van der Waals surface area contributed by atoms with E-state index in [2.05, 4.69) is 0 Å². The van der Waals surface area contributed by atoms with Gasteiger partial charge in [0.2, 0.25) is 0 Å². The molecule has 0 aromatic heterocycles. The standard InChI is InChI=1S/C13H19NO2/c1-8-6-10(12(15)13(3,4)14)7-9(2)11(8)16-5/h6-7H,14H2,1-5H3. The molecule has 0 amide bonds. The second kappa shape index (κ2) is 4.26. The molecule has 88 valence electrons. The highest BCUT2D eigenvalue weighted by atomic mass is 16.5. The molecule has 0 heterocycles. The van der Waals surface area contributed by atoms with Crippen molar-refractivity contribution in [3.63, 3.8) is 0 Å². The highest BCUT2D eigenvalue weighted by Gasteiger charge is 2.24. The van der Waals surface area contributed by atoms with Crippen molar-refractivity contribution in [3.8, 4) is 5.75 Å². The van der Waals surface area contributed by atoms with Crippen molar-refractivity contribution in [2.75, 3.05) is 7.11 Å². The monoisotopic (exact) mass is 221 g/mol. The van der Waals surface area contributed by atoms with Crippen molar-refractivity contribution in [1.29, 1.82) is 0 Å². The highest BCUT2D eigenvalue weighted by molar-refractivity contribution is 6.03. The van der Waals surface area contributed by atoms with Crippen LogP contribution in [0.4, 0.5) is 0 Å². The number of hydrogen-bond acceptors (Lipinski definition) is 3. The van der Waals surface area contributed by atoms with Gasteiger partial charge in [0.1, 0.15) is 5.75 Å². The summed E-state index contributed by atoms with van der Waals surface area (Å²) in [7, 11) is 1.63. The van der Waals surface area contributed by atoms with E-state index in [9.17, 15) is 4.79 Å². The van der Waals surface area contributed by atoms with Gasteiger partial charge in [-0.05, 0) is 51.0 Å². The fourth-order valence-electron chi connectivity index (χ4n) is 1.78. The molecular weight excluding hydrogens is 202 g/mol. The van der Waals surface area contributed by atoms with E-state index in [0.717, 1.165) is 16.9 Å². The number of hydrogen-bond donors (Lipinski definition) is 1. The fraction of sp³-hybridized carbons (Fsp3) is 0.462. The first kappa shape index (κ1) is 12.7. The normalized spacial score (nSPS) is 11.4. The number of benzene rings is 1. The Labute approximate surface area is 96.6 Å². The van der Waals surface area contributed by atoms with Gasteiger partial charge in [-0.2, -0.15) is 0 Å². The number of rotatable bonds is 3. The predicted octanol–water partition coefficient (Wildman–Crippen LogP) is 2.23. The van der Waals surface area contributed by atoms with E-state index in [1.807, 2.05) is 26.0 Å². The summed E-state index contributed by atoms with van der Waals surface area (Å²) in [6, 6.07) is 3.64. The molecule has 0 atom stereocenters. The number of carbonyl (C=O) groups is 1. The van der Waals surface area contributed by atoms with Crippen LogP contribution in [0.3, 0.4) is 0 Å². The van der Waals surface area contributed by atoms with E-state index >= 15 is 0 Å². The molecule has 1 aromatic rings. The second-order valence-corrected chi connectivity index (χ2v) is 4.69. The molecule has 3 heteroatoms. The minimum atomic E-state index is -0.840. The van der Waals surface area contributed by atoms with E-state index in [0.29, 0.717) is 5.56 Å². The summed E-state index contributed by atoms with van der Waals surface area (Å²) in [6.45, 7) is 7.27. The molecule has 1 rings (SSSR count). The summed E-state index contributed by atoms with van der Waals surface area (Å²) in [5.74, 6) is 0.771. The van der Waals surface area contributed by atoms with E-state index in [-0.39, 0.29) is 5.78 Å². The first-order valence-corrected chi connectivity index (χ1v) is 5.26. The lowest BCUT2D eigenvalue weighted by atomic mass is 9.92. The number of methoxy groups -OCH3 is 1.